The predicted molar refractivity (Wildman–Crippen MR) is 75.6 cm³/mol. The van der Waals surface area contributed by atoms with Crippen molar-refractivity contribution in [3.05, 3.63) is 23.9 Å². The van der Waals surface area contributed by atoms with Crippen LogP contribution in [0.5, 0.6) is 0 Å². The van der Waals surface area contributed by atoms with Crippen LogP contribution < -0.4 is 5.32 Å². The third-order valence-electron chi connectivity index (χ3n) is 3.78. The van der Waals surface area contributed by atoms with Gasteiger partial charge in [0.25, 0.3) is 0 Å². The first kappa shape index (κ1) is 14.5. The number of nitrogens with one attached hydrogen (secondary N) is 1. The van der Waals surface area contributed by atoms with E-state index in [0.29, 0.717) is 18.2 Å². The normalized spacial score (nSPS) is 15.8. The minimum Gasteiger partial charge on any atom is -0.478 e. The minimum absolute atomic E-state index is 0.0920. The van der Waals surface area contributed by atoms with Gasteiger partial charge in [0.1, 0.15) is 5.82 Å². The molecule has 0 unspecified atom stereocenters. The third-order valence-corrected chi connectivity index (χ3v) is 3.78. The molecule has 0 atom stereocenters. The molecule has 0 aliphatic heterocycles. The molecular weight excluding hydrogens is 256 g/mol. The standard InChI is InChI=1S/C15H20N2O3/c18-14(7-6-11-4-2-1-3-5-11)17-13-10-12(15(19)20)8-9-16-13/h8-11H,1-7H2,(H,19,20)(H,16,17,18). The molecule has 1 aliphatic rings. The van der Waals surface area contributed by atoms with Gasteiger partial charge in [-0.25, -0.2) is 9.78 Å². The summed E-state index contributed by atoms with van der Waals surface area (Å²) in [6.07, 6.45) is 9.08. The van der Waals surface area contributed by atoms with Crippen molar-refractivity contribution in [1.29, 1.82) is 0 Å². The lowest BCUT2D eigenvalue weighted by atomic mass is 9.86. The Morgan fingerprint density at radius 1 is 1.30 bits per heavy atom. The summed E-state index contributed by atoms with van der Waals surface area (Å²) in [5.74, 6) is -0.151. The van der Waals surface area contributed by atoms with Gasteiger partial charge in [-0.15, -0.1) is 0 Å². The monoisotopic (exact) mass is 276 g/mol. The van der Waals surface area contributed by atoms with Crippen molar-refractivity contribution in [1.82, 2.24) is 4.98 Å². The predicted octanol–water partition coefficient (Wildman–Crippen LogP) is 3.08. The number of hydrogen-bond acceptors (Lipinski definition) is 3. The van der Waals surface area contributed by atoms with Crippen LogP contribution in [0.25, 0.3) is 0 Å². The smallest absolute Gasteiger partial charge is 0.335 e. The van der Waals surface area contributed by atoms with Crippen molar-refractivity contribution in [2.24, 2.45) is 5.92 Å². The third kappa shape index (κ3) is 4.33. The number of amides is 1. The zero-order valence-electron chi connectivity index (χ0n) is 11.5. The van der Waals surface area contributed by atoms with E-state index >= 15 is 0 Å². The Morgan fingerprint density at radius 2 is 2.05 bits per heavy atom. The summed E-state index contributed by atoms with van der Waals surface area (Å²) < 4.78 is 0. The largest absolute Gasteiger partial charge is 0.478 e. The first-order valence-corrected chi connectivity index (χ1v) is 7.14. The number of anilines is 1. The minimum atomic E-state index is -1.02. The zero-order valence-corrected chi connectivity index (χ0v) is 11.5. The molecular formula is C15H20N2O3. The molecule has 5 heteroatoms. The van der Waals surface area contributed by atoms with Gasteiger partial charge in [0, 0.05) is 12.6 Å². The summed E-state index contributed by atoms with van der Waals surface area (Å²) in [5.41, 5.74) is 0.127. The molecule has 1 fully saturated rings. The van der Waals surface area contributed by atoms with E-state index in [1.54, 1.807) is 0 Å². The van der Waals surface area contributed by atoms with Crippen LogP contribution in [0.3, 0.4) is 0 Å². The maximum absolute atomic E-state index is 11.8. The second-order valence-electron chi connectivity index (χ2n) is 5.33. The lowest BCUT2D eigenvalue weighted by Gasteiger charge is -2.20. The lowest BCUT2D eigenvalue weighted by molar-refractivity contribution is -0.116. The van der Waals surface area contributed by atoms with E-state index < -0.39 is 5.97 Å². The lowest BCUT2D eigenvalue weighted by Crippen LogP contribution is -2.15. The Morgan fingerprint density at radius 3 is 2.75 bits per heavy atom. The molecule has 1 amide bonds. The molecule has 20 heavy (non-hydrogen) atoms. The van der Waals surface area contributed by atoms with Crippen molar-refractivity contribution in [2.45, 2.75) is 44.9 Å². The second-order valence-corrected chi connectivity index (χ2v) is 5.33. The first-order valence-electron chi connectivity index (χ1n) is 7.14. The highest BCUT2D eigenvalue weighted by Crippen LogP contribution is 2.27. The van der Waals surface area contributed by atoms with E-state index in [9.17, 15) is 9.59 Å². The Bertz CT molecular complexity index is 482. The van der Waals surface area contributed by atoms with Crippen LogP contribution in [0.2, 0.25) is 0 Å². The summed E-state index contributed by atoms with van der Waals surface area (Å²) in [5, 5.41) is 11.5. The van der Waals surface area contributed by atoms with Crippen molar-refractivity contribution in [2.75, 3.05) is 5.32 Å². The van der Waals surface area contributed by atoms with Crippen molar-refractivity contribution >= 4 is 17.7 Å². The number of carboxylic acid groups (broad SMARTS) is 1. The van der Waals surface area contributed by atoms with Gasteiger partial charge in [-0.2, -0.15) is 0 Å². The highest BCUT2D eigenvalue weighted by molar-refractivity contribution is 5.92. The molecule has 0 saturated heterocycles. The maximum atomic E-state index is 11.8. The topological polar surface area (TPSA) is 79.3 Å². The van der Waals surface area contributed by atoms with Crippen LogP contribution in [-0.4, -0.2) is 22.0 Å². The van der Waals surface area contributed by atoms with Crippen LogP contribution >= 0.6 is 0 Å². The van der Waals surface area contributed by atoms with E-state index in [-0.39, 0.29) is 11.5 Å². The van der Waals surface area contributed by atoms with Crippen molar-refractivity contribution in [3.63, 3.8) is 0 Å². The van der Waals surface area contributed by atoms with Crippen molar-refractivity contribution in [3.8, 4) is 0 Å². The number of hydrogen-bond donors (Lipinski definition) is 2. The summed E-state index contributed by atoms with van der Waals surface area (Å²) in [7, 11) is 0. The highest BCUT2D eigenvalue weighted by Gasteiger charge is 2.15. The zero-order chi connectivity index (χ0) is 14.4. The molecule has 0 spiro atoms. The molecule has 1 aromatic rings. The van der Waals surface area contributed by atoms with Gasteiger partial charge in [-0.1, -0.05) is 32.1 Å². The summed E-state index contributed by atoms with van der Waals surface area (Å²) in [6.45, 7) is 0. The summed E-state index contributed by atoms with van der Waals surface area (Å²) >= 11 is 0. The number of pyridine rings is 1. The van der Waals surface area contributed by atoms with E-state index in [1.807, 2.05) is 0 Å². The molecule has 1 aliphatic carbocycles. The average Bonchev–Trinajstić information content (AvgIpc) is 2.46. The Labute approximate surface area is 118 Å². The van der Waals surface area contributed by atoms with Gasteiger partial charge in [0.15, 0.2) is 0 Å². The fraction of sp³-hybridized carbons (Fsp3) is 0.533. The molecule has 1 heterocycles. The van der Waals surface area contributed by atoms with Crippen molar-refractivity contribution < 1.29 is 14.7 Å². The average molecular weight is 276 g/mol. The number of carbonyl (C=O) groups is 2. The van der Waals surface area contributed by atoms with E-state index in [1.165, 1.54) is 50.4 Å². The number of aromatic nitrogens is 1. The molecule has 1 aromatic heterocycles. The van der Waals surface area contributed by atoms with Crippen LogP contribution in [0, 0.1) is 5.92 Å². The molecule has 2 N–H and O–H groups in total. The maximum Gasteiger partial charge on any atom is 0.335 e. The second kappa shape index (κ2) is 7.03. The molecule has 0 radical (unpaired) electrons. The summed E-state index contributed by atoms with van der Waals surface area (Å²) in [4.78, 5) is 26.6. The SMILES string of the molecule is O=C(CCC1CCCCC1)Nc1cc(C(=O)O)ccn1. The number of rotatable bonds is 5. The number of aromatic carboxylic acids is 1. The number of nitrogens with zero attached hydrogens (tertiary/aromatic N) is 1. The molecule has 0 aromatic carbocycles. The Balaban J connectivity index is 1.81. The molecule has 1 saturated carbocycles. The fourth-order valence-corrected chi connectivity index (χ4v) is 2.65. The summed E-state index contributed by atoms with van der Waals surface area (Å²) in [6, 6.07) is 2.78. The van der Waals surface area contributed by atoms with Crippen LogP contribution in [0.4, 0.5) is 5.82 Å². The van der Waals surface area contributed by atoms with Gasteiger partial charge in [-0.3, -0.25) is 4.79 Å². The van der Waals surface area contributed by atoms with Gasteiger partial charge < -0.3 is 10.4 Å². The quantitative estimate of drug-likeness (QED) is 0.866. The van der Waals surface area contributed by atoms with Gasteiger partial charge in [0.05, 0.1) is 5.56 Å². The number of carbonyl (C=O) groups excluding carboxylic acids is 1. The fourth-order valence-electron chi connectivity index (χ4n) is 2.65. The highest BCUT2D eigenvalue weighted by atomic mass is 16.4. The van der Waals surface area contributed by atoms with E-state index in [0.717, 1.165) is 6.42 Å². The van der Waals surface area contributed by atoms with Crippen LogP contribution in [-0.2, 0) is 4.79 Å². The van der Waals surface area contributed by atoms with Crippen LogP contribution in [0.15, 0.2) is 18.3 Å². The van der Waals surface area contributed by atoms with E-state index in [2.05, 4.69) is 10.3 Å². The van der Waals surface area contributed by atoms with Crippen LogP contribution in [0.1, 0.15) is 55.3 Å². The van der Waals surface area contributed by atoms with Gasteiger partial charge in [0.2, 0.25) is 5.91 Å². The van der Waals surface area contributed by atoms with E-state index in [4.69, 9.17) is 5.11 Å². The molecule has 5 nitrogen and oxygen atoms in total. The van der Waals surface area contributed by atoms with Gasteiger partial charge in [-0.05, 0) is 24.5 Å². The first-order chi connectivity index (χ1) is 9.65. The molecule has 2 rings (SSSR count). The molecule has 0 bridgehead atoms. The Kier molecular flexibility index (Phi) is 5.09. The number of carboxylic acids is 1. The Hall–Kier alpha value is -1.91. The molecule has 108 valence electrons. The van der Waals surface area contributed by atoms with Gasteiger partial charge >= 0.3 is 5.97 Å².